The summed E-state index contributed by atoms with van der Waals surface area (Å²) in [4.78, 5) is 2.73. The first kappa shape index (κ1) is 10.9. The highest BCUT2D eigenvalue weighted by Gasteiger charge is 2.09. The van der Waals surface area contributed by atoms with Crippen molar-refractivity contribution in [1.82, 2.24) is 0 Å². The van der Waals surface area contributed by atoms with Crippen LogP contribution in [0.15, 0.2) is 29.0 Å². The highest BCUT2D eigenvalue weighted by Crippen LogP contribution is 2.25. The van der Waals surface area contributed by atoms with Crippen LogP contribution in [0.5, 0.6) is 0 Å². The van der Waals surface area contributed by atoms with Gasteiger partial charge in [0.1, 0.15) is 0 Å². The van der Waals surface area contributed by atoms with Crippen LogP contribution in [-0.4, -0.2) is 0 Å². The molecule has 1 atom stereocenters. The van der Waals surface area contributed by atoms with Crippen molar-refractivity contribution in [3.63, 3.8) is 0 Å². The van der Waals surface area contributed by atoms with Crippen molar-refractivity contribution < 1.29 is 0 Å². The molecule has 80 valence electrons. The Morgan fingerprint density at radius 1 is 1.33 bits per heavy atom. The van der Waals surface area contributed by atoms with Crippen molar-refractivity contribution in [2.24, 2.45) is 5.73 Å². The van der Waals surface area contributed by atoms with Crippen molar-refractivity contribution in [3.05, 3.63) is 44.3 Å². The monoisotopic (exact) mass is 237 g/mol. The van der Waals surface area contributed by atoms with Gasteiger partial charge < -0.3 is 5.73 Å². The van der Waals surface area contributed by atoms with E-state index in [-0.39, 0.29) is 6.04 Å². The molecule has 2 aromatic rings. The maximum Gasteiger partial charge on any atom is 0.0431 e. The number of thiophene rings is 2. The fraction of sp³-hybridized carbons (Fsp3) is 0.333. The second kappa shape index (κ2) is 4.92. The lowest BCUT2D eigenvalue weighted by Gasteiger charge is -2.07. The first-order chi connectivity index (χ1) is 7.29. The molecular formula is C12H15NS2. The van der Waals surface area contributed by atoms with Gasteiger partial charge in [0.15, 0.2) is 0 Å². The number of hydrogen-bond acceptors (Lipinski definition) is 3. The summed E-state index contributed by atoms with van der Waals surface area (Å²) < 4.78 is 0. The number of hydrogen-bond donors (Lipinski definition) is 1. The van der Waals surface area contributed by atoms with Gasteiger partial charge in [0.05, 0.1) is 0 Å². The highest BCUT2D eigenvalue weighted by atomic mass is 32.1. The first-order valence-electron chi connectivity index (χ1n) is 5.15. The third kappa shape index (κ3) is 2.68. The van der Waals surface area contributed by atoms with E-state index in [0.717, 1.165) is 12.8 Å². The zero-order valence-electron chi connectivity index (χ0n) is 8.77. The van der Waals surface area contributed by atoms with E-state index in [2.05, 4.69) is 35.9 Å². The summed E-state index contributed by atoms with van der Waals surface area (Å²) in [6.45, 7) is 2.18. The number of nitrogens with two attached hydrogens (primary N) is 1. The third-order valence-electron chi connectivity index (χ3n) is 2.43. The molecule has 3 heteroatoms. The van der Waals surface area contributed by atoms with Gasteiger partial charge in [-0.05, 0) is 47.4 Å². The minimum Gasteiger partial charge on any atom is -0.323 e. The van der Waals surface area contributed by atoms with Gasteiger partial charge in [-0.15, -0.1) is 11.3 Å². The molecule has 15 heavy (non-hydrogen) atoms. The Morgan fingerprint density at radius 3 is 2.80 bits per heavy atom. The van der Waals surface area contributed by atoms with E-state index >= 15 is 0 Å². The van der Waals surface area contributed by atoms with E-state index in [1.165, 1.54) is 15.3 Å². The fourth-order valence-corrected chi connectivity index (χ4v) is 3.18. The van der Waals surface area contributed by atoms with Crippen LogP contribution in [0.1, 0.15) is 28.3 Å². The average Bonchev–Trinajstić information content (AvgIpc) is 2.86. The molecule has 2 N–H and O–H groups in total. The quantitative estimate of drug-likeness (QED) is 0.863. The van der Waals surface area contributed by atoms with Gasteiger partial charge in [0.2, 0.25) is 0 Å². The Bertz CT molecular complexity index is 403. The van der Waals surface area contributed by atoms with Crippen molar-refractivity contribution in [2.75, 3.05) is 0 Å². The summed E-state index contributed by atoms with van der Waals surface area (Å²) in [7, 11) is 0. The zero-order valence-corrected chi connectivity index (χ0v) is 10.4. The van der Waals surface area contributed by atoms with Crippen LogP contribution in [0.3, 0.4) is 0 Å². The van der Waals surface area contributed by atoms with Crippen molar-refractivity contribution in [3.8, 4) is 0 Å². The summed E-state index contributed by atoms with van der Waals surface area (Å²) in [5.74, 6) is 0. The molecule has 0 radical (unpaired) electrons. The number of aryl methyl sites for hydroxylation is 1. The molecule has 0 saturated heterocycles. The smallest absolute Gasteiger partial charge is 0.0431 e. The number of rotatable bonds is 4. The lowest BCUT2D eigenvalue weighted by atomic mass is 10.1. The van der Waals surface area contributed by atoms with Crippen molar-refractivity contribution in [2.45, 2.75) is 25.8 Å². The van der Waals surface area contributed by atoms with Crippen LogP contribution in [0, 0.1) is 0 Å². The second-order valence-electron chi connectivity index (χ2n) is 3.60. The predicted octanol–water partition coefficient (Wildman–Crippen LogP) is 3.61. The van der Waals surface area contributed by atoms with E-state index < -0.39 is 0 Å². The lowest BCUT2D eigenvalue weighted by molar-refractivity contribution is 0.738. The molecule has 0 aliphatic rings. The van der Waals surface area contributed by atoms with Gasteiger partial charge >= 0.3 is 0 Å². The molecule has 0 saturated carbocycles. The van der Waals surface area contributed by atoms with Crippen LogP contribution in [-0.2, 0) is 12.8 Å². The fourth-order valence-electron chi connectivity index (χ4n) is 1.55. The van der Waals surface area contributed by atoms with Crippen LogP contribution in [0.25, 0.3) is 0 Å². The minimum atomic E-state index is 0.157. The van der Waals surface area contributed by atoms with E-state index in [0.29, 0.717) is 0 Å². The summed E-state index contributed by atoms with van der Waals surface area (Å²) >= 11 is 3.58. The summed E-state index contributed by atoms with van der Waals surface area (Å²) in [5.41, 5.74) is 7.52. The zero-order chi connectivity index (χ0) is 10.7. The highest BCUT2D eigenvalue weighted by molar-refractivity contribution is 7.12. The van der Waals surface area contributed by atoms with Crippen LogP contribution < -0.4 is 5.73 Å². The molecule has 1 nitrogen and oxygen atoms in total. The summed E-state index contributed by atoms with van der Waals surface area (Å²) in [5, 5.41) is 4.28. The topological polar surface area (TPSA) is 26.0 Å². The molecule has 0 spiro atoms. The first-order valence-corrected chi connectivity index (χ1v) is 6.90. The molecule has 0 aliphatic carbocycles. The molecule has 2 heterocycles. The Kier molecular flexibility index (Phi) is 3.57. The van der Waals surface area contributed by atoms with Gasteiger partial charge in [0.25, 0.3) is 0 Å². The molecule has 0 aromatic carbocycles. The summed E-state index contributed by atoms with van der Waals surface area (Å²) in [6.07, 6.45) is 2.06. The van der Waals surface area contributed by atoms with E-state index in [1.54, 1.807) is 11.3 Å². The van der Waals surface area contributed by atoms with Gasteiger partial charge in [-0.1, -0.05) is 6.92 Å². The standard InChI is InChI=1S/C12H15NS2/c1-2-10-3-4-12(15-10)11(13)7-9-5-6-14-8-9/h3-6,8,11H,2,7,13H2,1H3. The Morgan fingerprint density at radius 2 is 2.20 bits per heavy atom. The normalized spacial score (nSPS) is 12.9. The molecule has 0 bridgehead atoms. The van der Waals surface area contributed by atoms with E-state index in [9.17, 15) is 0 Å². The maximum atomic E-state index is 6.17. The van der Waals surface area contributed by atoms with Gasteiger partial charge in [-0.25, -0.2) is 0 Å². The lowest BCUT2D eigenvalue weighted by Crippen LogP contribution is -2.11. The molecule has 0 amide bonds. The molecule has 1 unspecified atom stereocenters. The molecule has 0 aliphatic heterocycles. The largest absolute Gasteiger partial charge is 0.323 e. The third-order valence-corrected chi connectivity index (χ3v) is 4.53. The molecular weight excluding hydrogens is 222 g/mol. The van der Waals surface area contributed by atoms with E-state index in [1.807, 2.05) is 11.3 Å². The van der Waals surface area contributed by atoms with Crippen molar-refractivity contribution in [1.29, 1.82) is 0 Å². The van der Waals surface area contributed by atoms with Gasteiger partial charge in [-0.3, -0.25) is 0 Å². The molecule has 2 rings (SSSR count). The Balaban J connectivity index is 2.04. The van der Waals surface area contributed by atoms with E-state index in [4.69, 9.17) is 5.73 Å². The van der Waals surface area contributed by atoms with Crippen LogP contribution in [0.2, 0.25) is 0 Å². The Hall–Kier alpha value is -0.640. The SMILES string of the molecule is CCc1ccc(C(N)Cc2ccsc2)s1. The van der Waals surface area contributed by atoms with Crippen LogP contribution >= 0.6 is 22.7 Å². The maximum absolute atomic E-state index is 6.17. The second-order valence-corrected chi connectivity index (χ2v) is 5.58. The Labute approximate surface area is 98.6 Å². The van der Waals surface area contributed by atoms with Gasteiger partial charge in [-0.2, -0.15) is 11.3 Å². The minimum absolute atomic E-state index is 0.157. The van der Waals surface area contributed by atoms with Gasteiger partial charge in [0, 0.05) is 15.8 Å². The summed E-state index contributed by atoms with van der Waals surface area (Å²) in [6, 6.07) is 6.66. The predicted molar refractivity (Wildman–Crippen MR) is 68.6 cm³/mol. The molecule has 2 aromatic heterocycles. The van der Waals surface area contributed by atoms with Crippen LogP contribution in [0.4, 0.5) is 0 Å². The van der Waals surface area contributed by atoms with Crippen molar-refractivity contribution >= 4 is 22.7 Å². The molecule has 0 fully saturated rings. The average molecular weight is 237 g/mol.